The van der Waals surface area contributed by atoms with Crippen molar-refractivity contribution in [1.29, 1.82) is 0 Å². The van der Waals surface area contributed by atoms with Gasteiger partial charge in [-0.15, -0.1) is 24.2 Å². The smallest absolute Gasteiger partial charge is 0.0655 e. The molecule has 56 valence electrons. The van der Waals surface area contributed by atoms with Crippen LogP contribution in [0.1, 0.15) is 0 Å². The lowest BCUT2D eigenvalue weighted by molar-refractivity contribution is 0.912. The second-order valence-corrected chi connectivity index (χ2v) is 3.09. The van der Waals surface area contributed by atoms with Crippen LogP contribution < -0.4 is 10.6 Å². The first-order valence-corrected chi connectivity index (χ1v) is 3.95. The van der Waals surface area contributed by atoms with E-state index in [1.54, 1.807) is 0 Å². The number of hydrogen-bond donors (Lipinski definition) is 2. The average molecular weight is 177 g/mol. The van der Waals surface area contributed by atoms with Gasteiger partial charge in [-0.3, -0.25) is 0 Å². The molecule has 0 aromatic rings. The molecule has 0 amide bonds. The molecule has 0 unspecified atom stereocenters. The predicted molar refractivity (Wildman–Crippen MR) is 47.0 cm³/mol. The number of hydrogen-bond acceptors (Lipinski definition) is 3. The number of halogens is 1. The van der Waals surface area contributed by atoms with Crippen molar-refractivity contribution in [2.75, 3.05) is 12.4 Å². The molecule has 2 heterocycles. The highest BCUT2D eigenvalue weighted by Crippen LogP contribution is 2.25. The van der Waals surface area contributed by atoms with Crippen LogP contribution in [0.4, 0.5) is 0 Å². The summed E-state index contributed by atoms with van der Waals surface area (Å²) in [5, 5.41) is 6.43. The van der Waals surface area contributed by atoms with Crippen LogP contribution in [-0.2, 0) is 0 Å². The van der Waals surface area contributed by atoms with Gasteiger partial charge in [0.2, 0.25) is 0 Å². The maximum Gasteiger partial charge on any atom is 0.0655 e. The molecule has 0 radical (unpaired) electrons. The Morgan fingerprint density at radius 2 is 2.40 bits per heavy atom. The molecule has 4 heteroatoms. The van der Waals surface area contributed by atoms with Crippen molar-refractivity contribution in [2.45, 2.75) is 0 Å². The Labute approximate surface area is 70.5 Å². The summed E-state index contributed by atoms with van der Waals surface area (Å²) < 4.78 is 0. The van der Waals surface area contributed by atoms with E-state index in [0.717, 1.165) is 12.4 Å². The molecule has 0 aromatic heterocycles. The zero-order valence-corrected chi connectivity index (χ0v) is 7.02. The SMILES string of the molecule is C1=CC2=C(CN1)SCN2.Cl. The van der Waals surface area contributed by atoms with Crippen molar-refractivity contribution >= 4 is 24.2 Å². The minimum absolute atomic E-state index is 0. The van der Waals surface area contributed by atoms with E-state index < -0.39 is 0 Å². The van der Waals surface area contributed by atoms with Crippen molar-refractivity contribution in [3.8, 4) is 0 Å². The van der Waals surface area contributed by atoms with E-state index in [1.165, 1.54) is 10.6 Å². The molecule has 0 atom stereocenters. The molecule has 0 spiro atoms. The molecule has 2 N–H and O–H groups in total. The maximum atomic E-state index is 3.27. The second kappa shape index (κ2) is 3.21. The topological polar surface area (TPSA) is 24.1 Å². The van der Waals surface area contributed by atoms with Crippen LogP contribution in [0.15, 0.2) is 22.9 Å². The van der Waals surface area contributed by atoms with Gasteiger partial charge in [-0.05, 0) is 12.3 Å². The Morgan fingerprint density at radius 1 is 1.50 bits per heavy atom. The van der Waals surface area contributed by atoms with Gasteiger partial charge >= 0.3 is 0 Å². The van der Waals surface area contributed by atoms with Crippen LogP contribution in [0.2, 0.25) is 0 Å². The molecule has 0 bridgehead atoms. The largest absolute Gasteiger partial charge is 0.386 e. The average Bonchev–Trinajstić information content (AvgIpc) is 2.33. The molecule has 2 nitrogen and oxygen atoms in total. The summed E-state index contributed by atoms with van der Waals surface area (Å²) in [6, 6.07) is 0. The van der Waals surface area contributed by atoms with Crippen LogP contribution in [0, 0.1) is 0 Å². The van der Waals surface area contributed by atoms with Gasteiger partial charge in [0.05, 0.1) is 5.88 Å². The first-order chi connectivity index (χ1) is 4.47. The van der Waals surface area contributed by atoms with Crippen LogP contribution in [-0.4, -0.2) is 12.4 Å². The van der Waals surface area contributed by atoms with E-state index in [4.69, 9.17) is 0 Å². The zero-order valence-electron chi connectivity index (χ0n) is 5.39. The monoisotopic (exact) mass is 176 g/mol. The molecule has 0 aliphatic carbocycles. The van der Waals surface area contributed by atoms with Gasteiger partial charge in [-0.2, -0.15) is 0 Å². The molecule has 0 saturated carbocycles. The third-order valence-corrected chi connectivity index (χ3v) is 2.44. The maximum absolute atomic E-state index is 3.27. The van der Waals surface area contributed by atoms with Gasteiger partial charge in [-0.1, -0.05) is 0 Å². The Bertz CT molecular complexity index is 188. The minimum Gasteiger partial charge on any atom is -0.386 e. The van der Waals surface area contributed by atoms with Gasteiger partial charge in [-0.25, -0.2) is 0 Å². The molecule has 2 aliphatic rings. The Hall–Kier alpha value is -0.280. The fourth-order valence-corrected chi connectivity index (χ4v) is 1.85. The second-order valence-electron chi connectivity index (χ2n) is 2.02. The lowest BCUT2D eigenvalue weighted by atomic mass is 10.3. The van der Waals surface area contributed by atoms with Crippen molar-refractivity contribution in [1.82, 2.24) is 10.6 Å². The highest BCUT2D eigenvalue weighted by Gasteiger charge is 2.13. The van der Waals surface area contributed by atoms with E-state index in [0.29, 0.717) is 0 Å². The molecule has 2 aliphatic heterocycles. The molecule has 2 rings (SSSR count). The van der Waals surface area contributed by atoms with Crippen molar-refractivity contribution in [2.24, 2.45) is 0 Å². The van der Waals surface area contributed by atoms with E-state index >= 15 is 0 Å². The summed E-state index contributed by atoms with van der Waals surface area (Å²) in [5.74, 6) is 1.04. The lowest BCUT2D eigenvalue weighted by Gasteiger charge is -2.07. The Kier molecular flexibility index (Phi) is 2.51. The standard InChI is InChI=1S/C6H8N2S.ClH/c1-2-7-3-6-5(1)8-4-9-6;/h1-2,7-8H,3-4H2;1H. The minimum atomic E-state index is 0. The summed E-state index contributed by atoms with van der Waals surface area (Å²) in [5.41, 5.74) is 1.30. The first kappa shape index (κ1) is 7.82. The van der Waals surface area contributed by atoms with E-state index in [2.05, 4.69) is 16.7 Å². The first-order valence-electron chi connectivity index (χ1n) is 2.96. The molecule has 10 heavy (non-hydrogen) atoms. The number of dihydropyridines is 1. The van der Waals surface area contributed by atoms with E-state index in [9.17, 15) is 0 Å². The van der Waals surface area contributed by atoms with E-state index in [1.807, 2.05) is 18.0 Å². The van der Waals surface area contributed by atoms with Crippen LogP contribution >= 0.6 is 24.2 Å². The molecular formula is C6H9ClN2S. The van der Waals surface area contributed by atoms with Crippen LogP contribution in [0.25, 0.3) is 0 Å². The van der Waals surface area contributed by atoms with Gasteiger partial charge in [0.1, 0.15) is 0 Å². The van der Waals surface area contributed by atoms with Crippen LogP contribution in [0.5, 0.6) is 0 Å². The Morgan fingerprint density at radius 3 is 3.20 bits per heavy atom. The van der Waals surface area contributed by atoms with Gasteiger partial charge in [0.15, 0.2) is 0 Å². The third kappa shape index (κ3) is 1.25. The van der Waals surface area contributed by atoms with Crippen molar-refractivity contribution < 1.29 is 0 Å². The lowest BCUT2D eigenvalue weighted by Crippen LogP contribution is -2.14. The number of nitrogens with one attached hydrogen (secondary N) is 2. The fourth-order valence-electron chi connectivity index (χ4n) is 0.969. The number of allylic oxidation sites excluding steroid dienone is 1. The molecule has 0 fully saturated rings. The zero-order chi connectivity index (χ0) is 6.10. The third-order valence-electron chi connectivity index (χ3n) is 1.44. The summed E-state index contributed by atoms with van der Waals surface area (Å²) in [7, 11) is 0. The summed E-state index contributed by atoms with van der Waals surface area (Å²) in [6.45, 7) is 1.00. The van der Waals surface area contributed by atoms with Gasteiger partial charge in [0.25, 0.3) is 0 Å². The predicted octanol–water partition coefficient (Wildman–Crippen LogP) is 1.03. The molecule has 0 saturated heterocycles. The Balaban J connectivity index is 0.000000500. The highest BCUT2D eigenvalue weighted by molar-refractivity contribution is 8.03. The van der Waals surface area contributed by atoms with Gasteiger partial charge in [0, 0.05) is 17.1 Å². The van der Waals surface area contributed by atoms with Crippen molar-refractivity contribution in [3.05, 3.63) is 22.9 Å². The molecule has 0 aromatic carbocycles. The highest BCUT2D eigenvalue weighted by atomic mass is 35.5. The molecular weight excluding hydrogens is 168 g/mol. The summed E-state index contributed by atoms with van der Waals surface area (Å²) in [4.78, 5) is 1.44. The van der Waals surface area contributed by atoms with E-state index in [-0.39, 0.29) is 12.4 Å². The quantitative estimate of drug-likeness (QED) is 0.577. The van der Waals surface area contributed by atoms with Gasteiger partial charge < -0.3 is 10.6 Å². The number of thioether (sulfide) groups is 1. The normalized spacial score (nSPS) is 20.8. The summed E-state index contributed by atoms with van der Waals surface area (Å²) >= 11 is 1.88. The van der Waals surface area contributed by atoms with Crippen molar-refractivity contribution in [3.63, 3.8) is 0 Å². The van der Waals surface area contributed by atoms with Crippen LogP contribution in [0.3, 0.4) is 0 Å². The fraction of sp³-hybridized carbons (Fsp3) is 0.333. The summed E-state index contributed by atoms with van der Waals surface area (Å²) in [6.07, 6.45) is 4.07. The number of rotatable bonds is 0.